The quantitative estimate of drug-likeness (QED) is 0.487. The number of esters is 1. The zero-order valence-corrected chi connectivity index (χ0v) is 14.7. The molecule has 1 amide bonds. The molecule has 0 heterocycles. The minimum absolute atomic E-state index is 0.445. The Kier molecular flexibility index (Phi) is 7.36. The van der Waals surface area contributed by atoms with Crippen molar-refractivity contribution in [1.29, 1.82) is 0 Å². The van der Waals surface area contributed by atoms with Crippen molar-refractivity contribution < 1.29 is 19.1 Å². The van der Waals surface area contributed by atoms with Gasteiger partial charge in [0, 0.05) is 6.92 Å². The molecule has 6 heteroatoms. The monoisotopic (exact) mass is 341 g/mol. The predicted molar refractivity (Wildman–Crippen MR) is 89.3 cm³/mol. The second-order valence-corrected chi connectivity index (χ2v) is 6.69. The third-order valence-corrected chi connectivity index (χ3v) is 3.25. The number of aryl methyl sites for hydroxylation is 1. The van der Waals surface area contributed by atoms with Crippen molar-refractivity contribution in [2.24, 2.45) is 0 Å². The Hall–Kier alpha value is -1.75. The molecule has 0 aliphatic rings. The van der Waals surface area contributed by atoms with Crippen LogP contribution in [-0.2, 0) is 20.7 Å². The first-order valence-corrected chi connectivity index (χ1v) is 7.96. The van der Waals surface area contributed by atoms with Gasteiger partial charge >= 0.3 is 12.1 Å². The summed E-state index contributed by atoms with van der Waals surface area (Å²) in [5.74, 6) is -0.445. The van der Waals surface area contributed by atoms with E-state index in [4.69, 9.17) is 21.1 Å². The molecule has 1 unspecified atom stereocenters. The van der Waals surface area contributed by atoms with Crippen LogP contribution in [0.3, 0.4) is 0 Å². The van der Waals surface area contributed by atoms with E-state index in [0.717, 1.165) is 5.56 Å². The first-order chi connectivity index (χ1) is 10.7. The van der Waals surface area contributed by atoms with Gasteiger partial charge in [-0.3, -0.25) is 4.79 Å². The number of nitrogens with one attached hydrogen (secondary N) is 1. The number of carbonyl (C=O) groups is 2. The smallest absolute Gasteiger partial charge is 0.408 e. The van der Waals surface area contributed by atoms with Gasteiger partial charge in [-0.15, -0.1) is 0 Å². The minimum atomic E-state index is -0.863. The van der Waals surface area contributed by atoms with Crippen LogP contribution in [0.5, 0.6) is 0 Å². The molecule has 0 saturated heterocycles. The number of hydrogen-bond donors (Lipinski definition) is 1. The van der Waals surface area contributed by atoms with Gasteiger partial charge in [0.2, 0.25) is 0 Å². The molecule has 1 aromatic carbocycles. The zero-order valence-electron chi connectivity index (χ0n) is 14.0. The number of alkyl halides is 1. The molecule has 0 aliphatic heterocycles. The van der Waals surface area contributed by atoms with Crippen LogP contribution in [0.4, 0.5) is 4.79 Å². The summed E-state index contributed by atoms with van der Waals surface area (Å²) in [4.78, 5) is 23.0. The van der Waals surface area contributed by atoms with E-state index >= 15 is 0 Å². The van der Waals surface area contributed by atoms with Gasteiger partial charge in [0.15, 0.2) is 0 Å². The average Bonchev–Trinajstić information content (AvgIpc) is 2.41. The summed E-state index contributed by atoms with van der Waals surface area (Å²) in [5, 5.41) is 2.51. The number of alkyl carbamates (subject to hydrolysis) is 1. The molecule has 5 nitrogen and oxygen atoms in total. The Bertz CT molecular complexity index is 513. The van der Waals surface area contributed by atoms with Crippen LogP contribution in [0.25, 0.3) is 0 Å². The Balaban J connectivity index is 2.61. The van der Waals surface area contributed by atoms with E-state index < -0.39 is 29.3 Å². The van der Waals surface area contributed by atoms with Crippen LogP contribution in [0.1, 0.15) is 39.7 Å². The maximum atomic E-state index is 11.8. The lowest BCUT2D eigenvalue weighted by atomic mass is 10.1. The summed E-state index contributed by atoms with van der Waals surface area (Å²) in [6.45, 7) is 6.59. The molecule has 0 aromatic heterocycles. The minimum Gasteiger partial charge on any atom is -0.459 e. The van der Waals surface area contributed by atoms with Crippen molar-refractivity contribution in [2.45, 2.75) is 57.7 Å². The van der Waals surface area contributed by atoms with Gasteiger partial charge < -0.3 is 14.8 Å². The fourth-order valence-corrected chi connectivity index (χ4v) is 2.21. The first kappa shape index (κ1) is 19.3. The lowest BCUT2D eigenvalue weighted by Gasteiger charge is -2.25. The van der Waals surface area contributed by atoms with Gasteiger partial charge in [-0.1, -0.05) is 41.9 Å². The maximum absolute atomic E-state index is 11.8. The topological polar surface area (TPSA) is 64.6 Å². The lowest BCUT2D eigenvalue weighted by Crippen LogP contribution is -2.44. The summed E-state index contributed by atoms with van der Waals surface area (Å²) in [7, 11) is 0. The largest absolute Gasteiger partial charge is 0.459 e. The molecule has 128 valence electrons. The van der Waals surface area contributed by atoms with E-state index in [1.807, 2.05) is 30.3 Å². The fraction of sp³-hybridized carbons (Fsp3) is 0.529. The molecule has 1 aromatic rings. The summed E-state index contributed by atoms with van der Waals surface area (Å²) in [6, 6.07) is 9.77. The van der Waals surface area contributed by atoms with Crippen LogP contribution in [0.15, 0.2) is 30.3 Å². The number of hydrogen-bond acceptors (Lipinski definition) is 4. The van der Waals surface area contributed by atoms with Gasteiger partial charge in [0.25, 0.3) is 0 Å². The Morgan fingerprint density at radius 3 is 2.35 bits per heavy atom. The van der Waals surface area contributed by atoms with Crippen LogP contribution in [0.2, 0.25) is 0 Å². The molecule has 0 saturated carbocycles. The lowest BCUT2D eigenvalue weighted by molar-refractivity contribution is -0.147. The van der Waals surface area contributed by atoms with E-state index in [9.17, 15) is 9.59 Å². The summed E-state index contributed by atoms with van der Waals surface area (Å²) in [5.41, 5.74) is -0.384. The van der Waals surface area contributed by atoms with Gasteiger partial charge in [-0.25, -0.2) is 4.79 Å². The van der Waals surface area contributed by atoms with Crippen LogP contribution >= 0.6 is 11.6 Å². The van der Waals surface area contributed by atoms with Gasteiger partial charge in [-0.2, -0.15) is 0 Å². The molecular weight excluding hydrogens is 318 g/mol. The molecule has 1 rings (SSSR count). The van der Waals surface area contributed by atoms with E-state index in [2.05, 4.69) is 5.32 Å². The highest BCUT2D eigenvalue weighted by molar-refractivity contribution is 6.21. The second-order valence-electron chi connectivity index (χ2n) is 6.22. The van der Waals surface area contributed by atoms with Gasteiger partial charge in [-0.05, 0) is 39.2 Å². The normalized spacial score (nSPS) is 13.8. The van der Waals surface area contributed by atoms with Gasteiger partial charge in [0.05, 0.1) is 0 Å². The third-order valence-electron chi connectivity index (χ3n) is 2.86. The highest BCUT2D eigenvalue weighted by Gasteiger charge is 2.26. The molecular formula is C17H24ClNO4. The molecule has 0 fully saturated rings. The SMILES string of the molecule is CC(=O)O[C@H](CCc1ccccc1)C(Cl)NC(=O)OC(C)(C)C. The van der Waals surface area contributed by atoms with Crippen LogP contribution in [-0.4, -0.2) is 29.3 Å². The predicted octanol–water partition coefficient (Wildman–Crippen LogP) is 3.64. The highest BCUT2D eigenvalue weighted by atomic mass is 35.5. The fourth-order valence-electron chi connectivity index (χ4n) is 1.94. The first-order valence-electron chi connectivity index (χ1n) is 7.52. The number of benzene rings is 1. The van der Waals surface area contributed by atoms with E-state index in [1.54, 1.807) is 20.8 Å². The van der Waals surface area contributed by atoms with E-state index in [0.29, 0.717) is 12.8 Å². The van der Waals surface area contributed by atoms with E-state index in [1.165, 1.54) is 6.92 Å². The third kappa shape index (κ3) is 8.45. The molecule has 1 N–H and O–H groups in total. The average molecular weight is 342 g/mol. The standard InChI is InChI=1S/C17H24ClNO4/c1-12(20)22-14(11-10-13-8-6-5-7-9-13)15(18)19-16(21)23-17(2,3)4/h5-9,14-15H,10-11H2,1-4H3,(H,19,21)/t14-,15?/m1/s1. The highest BCUT2D eigenvalue weighted by Crippen LogP contribution is 2.15. The number of rotatable bonds is 6. The maximum Gasteiger partial charge on any atom is 0.408 e. The van der Waals surface area contributed by atoms with Crippen LogP contribution < -0.4 is 5.32 Å². The zero-order chi connectivity index (χ0) is 17.5. The van der Waals surface area contributed by atoms with Crippen LogP contribution in [0, 0.1) is 0 Å². The van der Waals surface area contributed by atoms with Crippen molar-refractivity contribution >= 4 is 23.7 Å². The molecule has 0 radical (unpaired) electrons. The summed E-state index contributed by atoms with van der Waals surface area (Å²) in [6.07, 6.45) is -0.109. The van der Waals surface area contributed by atoms with Crippen molar-refractivity contribution in [3.8, 4) is 0 Å². The number of carbonyl (C=O) groups excluding carboxylic acids is 2. The molecule has 23 heavy (non-hydrogen) atoms. The van der Waals surface area contributed by atoms with Crippen molar-refractivity contribution in [2.75, 3.05) is 0 Å². The van der Waals surface area contributed by atoms with Gasteiger partial charge in [0.1, 0.15) is 17.2 Å². The summed E-state index contributed by atoms with van der Waals surface area (Å²) >= 11 is 6.19. The molecule has 0 bridgehead atoms. The molecule has 0 spiro atoms. The number of amides is 1. The summed E-state index contributed by atoms with van der Waals surface area (Å²) < 4.78 is 10.4. The van der Waals surface area contributed by atoms with Crippen molar-refractivity contribution in [3.05, 3.63) is 35.9 Å². The molecule has 2 atom stereocenters. The Morgan fingerprint density at radius 2 is 1.83 bits per heavy atom. The second kappa shape index (κ2) is 8.77. The number of ether oxygens (including phenoxy) is 2. The van der Waals surface area contributed by atoms with Crippen molar-refractivity contribution in [1.82, 2.24) is 5.32 Å². The number of halogens is 1. The molecule has 0 aliphatic carbocycles. The van der Waals surface area contributed by atoms with Crippen molar-refractivity contribution in [3.63, 3.8) is 0 Å². The Morgan fingerprint density at radius 1 is 1.22 bits per heavy atom. The Labute approximate surface area is 142 Å². The van der Waals surface area contributed by atoms with E-state index in [-0.39, 0.29) is 0 Å².